The number of carbonyl (C=O) groups excluding carboxylic acids is 1. The highest BCUT2D eigenvalue weighted by Gasteiger charge is 2.14. The average molecular weight is 388 g/mol. The van der Waals surface area contributed by atoms with Crippen molar-refractivity contribution in [3.8, 4) is 0 Å². The number of nitro benzene ring substituents is 1. The predicted octanol–water partition coefficient (Wildman–Crippen LogP) is 4.72. The van der Waals surface area contributed by atoms with Gasteiger partial charge in [-0.2, -0.15) is 0 Å². The number of aryl methyl sites for hydroxylation is 2. The van der Waals surface area contributed by atoms with E-state index in [-0.39, 0.29) is 16.7 Å². The molecular weight excluding hydrogens is 372 g/mol. The highest BCUT2D eigenvalue weighted by Crippen LogP contribution is 2.25. The Hall–Kier alpha value is -4.00. The van der Waals surface area contributed by atoms with Crippen molar-refractivity contribution >= 4 is 39.2 Å². The molecule has 0 spiro atoms. The van der Waals surface area contributed by atoms with Crippen LogP contribution in [0, 0.1) is 24.0 Å². The first-order chi connectivity index (χ1) is 13.8. The molecule has 7 heteroatoms. The van der Waals surface area contributed by atoms with Crippen LogP contribution in [-0.2, 0) is 0 Å². The summed E-state index contributed by atoms with van der Waals surface area (Å²) < 4.78 is 5.95. The van der Waals surface area contributed by atoms with E-state index in [1.807, 2.05) is 19.9 Å². The molecule has 0 aliphatic rings. The van der Waals surface area contributed by atoms with Gasteiger partial charge >= 0.3 is 0 Å². The molecule has 0 radical (unpaired) electrons. The molecule has 1 aromatic heterocycles. The number of hydrogen-bond donors (Lipinski definition) is 1. The van der Waals surface area contributed by atoms with Crippen molar-refractivity contribution in [1.29, 1.82) is 0 Å². The van der Waals surface area contributed by atoms with E-state index < -0.39 is 10.8 Å². The van der Waals surface area contributed by atoms with Crippen LogP contribution in [-0.4, -0.2) is 10.8 Å². The number of nitrogens with one attached hydrogen (secondary N) is 1. The molecule has 0 fully saturated rings. The van der Waals surface area contributed by atoms with Gasteiger partial charge in [-0.25, -0.2) is 0 Å². The summed E-state index contributed by atoms with van der Waals surface area (Å²) in [5.41, 5.74) is 2.96. The van der Waals surface area contributed by atoms with Gasteiger partial charge in [0, 0.05) is 29.4 Å². The third kappa shape index (κ3) is 3.34. The molecule has 1 heterocycles. The molecule has 144 valence electrons. The van der Waals surface area contributed by atoms with Crippen molar-refractivity contribution in [1.82, 2.24) is 0 Å². The molecule has 1 N–H and O–H groups in total. The smallest absolute Gasteiger partial charge is 0.270 e. The topological polar surface area (TPSA) is 102 Å². The zero-order valence-electron chi connectivity index (χ0n) is 15.7. The second kappa shape index (κ2) is 6.87. The fourth-order valence-corrected chi connectivity index (χ4v) is 3.35. The first-order valence-electron chi connectivity index (χ1n) is 8.87. The summed E-state index contributed by atoms with van der Waals surface area (Å²) in [5, 5.41) is 14.5. The maximum Gasteiger partial charge on any atom is 0.270 e. The number of non-ortho nitro benzene ring substituents is 1. The Bertz CT molecular complexity index is 1370. The lowest BCUT2D eigenvalue weighted by atomic mass is 10.1. The first-order valence-corrected chi connectivity index (χ1v) is 8.87. The van der Waals surface area contributed by atoms with Crippen LogP contribution in [0.4, 0.5) is 11.4 Å². The lowest BCUT2D eigenvalue weighted by Gasteiger charge is -2.08. The van der Waals surface area contributed by atoms with Gasteiger partial charge in [0.25, 0.3) is 11.6 Å². The van der Waals surface area contributed by atoms with E-state index in [2.05, 4.69) is 5.32 Å². The monoisotopic (exact) mass is 388 g/mol. The van der Waals surface area contributed by atoms with Gasteiger partial charge in [0.1, 0.15) is 11.2 Å². The molecule has 0 atom stereocenters. The Kier molecular flexibility index (Phi) is 4.35. The van der Waals surface area contributed by atoms with Crippen molar-refractivity contribution < 1.29 is 14.1 Å². The number of fused-ring (bicyclic) bond motifs is 2. The van der Waals surface area contributed by atoms with Crippen molar-refractivity contribution in [2.24, 2.45) is 0 Å². The summed E-state index contributed by atoms with van der Waals surface area (Å²) in [6, 6.07) is 14.0. The molecule has 0 aliphatic heterocycles. The van der Waals surface area contributed by atoms with Crippen LogP contribution in [0.2, 0.25) is 0 Å². The minimum Gasteiger partial charge on any atom is -0.455 e. The van der Waals surface area contributed by atoms with Gasteiger partial charge in [-0.05, 0) is 49.2 Å². The van der Waals surface area contributed by atoms with Crippen LogP contribution in [0.3, 0.4) is 0 Å². The standard InChI is InChI=1S/C22H16N2O5/c1-12-8-13(2)21-18(9-12)20(25)17-7-6-15(11-19(17)29-21)23-22(26)14-4-3-5-16(10-14)24(27)28/h3-11H,1-2H3,(H,23,26). The Morgan fingerprint density at radius 1 is 1.03 bits per heavy atom. The lowest BCUT2D eigenvalue weighted by Crippen LogP contribution is -2.12. The zero-order valence-corrected chi connectivity index (χ0v) is 15.7. The molecule has 0 saturated carbocycles. The maximum absolute atomic E-state index is 12.8. The van der Waals surface area contributed by atoms with E-state index in [1.54, 1.807) is 24.3 Å². The normalized spacial score (nSPS) is 11.0. The third-order valence-corrected chi connectivity index (χ3v) is 4.68. The minimum absolute atomic E-state index is 0.135. The summed E-state index contributed by atoms with van der Waals surface area (Å²) in [5.74, 6) is -0.497. The molecule has 0 saturated heterocycles. The van der Waals surface area contributed by atoms with E-state index in [0.29, 0.717) is 27.6 Å². The van der Waals surface area contributed by atoms with E-state index in [1.165, 1.54) is 24.3 Å². The molecule has 1 amide bonds. The van der Waals surface area contributed by atoms with E-state index in [9.17, 15) is 19.7 Å². The lowest BCUT2D eigenvalue weighted by molar-refractivity contribution is -0.384. The van der Waals surface area contributed by atoms with Gasteiger partial charge in [0.2, 0.25) is 5.43 Å². The number of nitrogens with zero attached hydrogens (tertiary/aromatic N) is 1. The Balaban J connectivity index is 1.75. The SMILES string of the molecule is Cc1cc(C)c2oc3cc(NC(=O)c4cccc([N+](=O)[O-])c4)ccc3c(=O)c2c1. The molecule has 3 aromatic carbocycles. The predicted molar refractivity (Wildman–Crippen MR) is 111 cm³/mol. The average Bonchev–Trinajstić information content (AvgIpc) is 2.69. The summed E-state index contributed by atoms with van der Waals surface area (Å²) in [4.78, 5) is 35.6. The summed E-state index contributed by atoms with van der Waals surface area (Å²) in [6.45, 7) is 3.79. The number of carbonyl (C=O) groups is 1. The zero-order chi connectivity index (χ0) is 20.7. The van der Waals surface area contributed by atoms with Crippen LogP contribution in [0.5, 0.6) is 0 Å². The van der Waals surface area contributed by atoms with Gasteiger partial charge in [-0.3, -0.25) is 19.7 Å². The van der Waals surface area contributed by atoms with Gasteiger partial charge in [-0.1, -0.05) is 12.1 Å². The van der Waals surface area contributed by atoms with Crippen molar-refractivity contribution in [3.05, 3.63) is 91.6 Å². The van der Waals surface area contributed by atoms with Crippen LogP contribution < -0.4 is 10.7 Å². The Morgan fingerprint density at radius 2 is 1.83 bits per heavy atom. The number of hydrogen-bond acceptors (Lipinski definition) is 5. The third-order valence-electron chi connectivity index (χ3n) is 4.68. The molecule has 7 nitrogen and oxygen atoms in total. The molecular formula is C22H16N2O5. The van der Waals surface area contributed by atoms with Crippen LogP contribution in [0.1, 0.15) is 21.5 Å². The number of amides is 1. The van der Waals surface area contributed by atoms with Gasteiger partial charge in [0.15, 0.2) is 0 Å². The second-order valence-corrected chi connectivity index (χ2v) is 6.86. The van der Waals surface area contributed by atoms with E-state index in [4.69, 9.17) is 4.42 Å². The second-order valence-electron chi connectivity index (χ2n) is 6.86. The molecule has 0 unspecified atom stereocenters. The fourth-order valence-electron chi connectivity index (χ4n) is 3.35. The highest BCUT2D eigenvalue weighted by atomic mass is 16.6. The number of benzene rings is 3. The molecule has 0 aliphatic carbocycles. The Labute approximate surface area is 164 Å². The minimum atomic E-state index is -0.559. The van der Waals surface area contributed by atoms with Crippen LogP contribution in [0.15, 0.2) is 63.8 Å². The summed E-state index contributed by atoms with van der Waals surface area (Å²) in [7, 11) is 0. The van der Waals surface area contributed by atoms with Crippen molar-refractivity contribution in [2.45, 2.75) is 13.8 Å². The van der Waals surface area contributed by atoms with E-state index >= 15 is 0 Å². The number of rotatable bonds is 3. The molecule has 4 aromatic rings. The van der Waals surface area contributed by atoms with Gasteiger partial charge in [-0.15, -0.1) is 0 Å². The maximum atomic E-state index is 12.8. The van der Waals surface area contributed by atoms with Gasteiger partial charge in [0.05, 0.1) is 15.7 Å². The van der Waals surface area contributed by atoms with Crippen molar-refractivity contribution in [3.63, 3.8) is 0 Å². The van der Waals surface area contributed by atoms with Crippen LogP contribution >= 0.6 is 0 Å². The van der Waals surface area contributed by atoms with Crippen molar-refractivity contribution in [2.75, 3.05) is 5.32 Å². The van der Waals surface area contributed by atoms with Gasteiger partial charge < -0.3 is 9.73 Å². The first kappa shape index (κ1) is 18.4. The number of nitro groups is 1. The number of anilines is 1. The molecule has 0 bridgehead atoms. The molecule has 29 heavy (non-hydrogen) atoms. The van der Waals surface area contributed by atoms with E-state index in [0.717, 1.165) is 11.1 Å². The summed E-state index contributed by atoms with van der Waals surface area (Å²) >= 11 is 0. The van der Waals surface area contributed by atoms with Crippen LogP contribution in [0.25, 0.3) is 21.9 Å². The fraction of sp³-hybridized carbons (Fsp3) is 0.0909. The Morgan fingerprint density at radius 3 is 2.59 bits per heavy atom. The highest BCUT2D eigenvalue weighted by molar-refractivity contribution is 6.05. The summed E-state index contributed by atoms with van der Waals surface area (Å²) in [6.07, 6.45) is 0. The quantitative estimate of drug-likeness (QED) is 0.311. The largest absolute Gasteiger partial charge is 0.455 e. The molecule has 4 rings (SSSR count).